The molecule has 132 valence electrons. The number of nitrogens with one attached hydrogen (secondary N) is 1. The van der Waals surface area contributed by atoms with Crippen LogP contribution in [0.3, 0.4) is 0 Å². The summed E-state index contributed by atoms with van der Waals surface area (Å²) in [5, 5.41) is 3.23. The normalized spacial score (nSPS) is 25.4. The molecule has 1 aliphatic heterocycles. The van der Waals surface area contributed by atoms with Crippen LogP contribution in [0.5, 0.6) is 0 Å². The van der Waals surface area contributed by atoms with E-state index < -0.39 is 0 Å². The van der Waals surface area contributed by atoms with Crippen LogP contribution in [0, 0.1) is 0 Å². The van der Waals surface area contributed by atoms with Crippen molar-refractivity contribution in [3.8, 4) is 0 Å². The van der Waals surface area contributed by atoms with E-state index in [4.69, 9.17) is 5.73 Å². The fraction of sp³-hybridized carbons (Fsp3) is 0.650. The van der Waals surface area contributed by atoms with Crippen LogP contribution in [0.1, 0.15) is 67.8 Å². The summed E-state index contributed by atoms with van der Waals surface area (Å²) in [6.07, 6.45) is 9.59. The van der Waals surface area contributed by atoms with Crippen LogP contribution in [-0.2, 0) is 6.42 Å². The van der Waals surface area contributed by atoms with Crippen molar-refractivity contribution in [1.82, 2.24) is 10.2 Å². The SMILES string of the molecule is CCc1cc(C(=O)NC2CCC(N3CCCCC3)CC2)ccc1N. The van der Waals surface area contributed by atoms with Gasteiger partial charge >= 0.3 is 0 Å². The molecule has 0 radical (unpaired) electrons. The second-order valence-corrected chi connectivity index (χ2v) is 7.34. The van der Waals surface area contributed by atoms with Gasteiger partial charge in [0.05, 0.1) is 0 Å². The van der Waals surface area contributed by atoms with Crippen molar-refractivity contribution in [2.75, 3.05) is 18.8 Å². The molecule has 2 aliphatic rings. The maximum Gasteiger partial charge on any atom is 0.251 e. The minimum absolute atomic E-state index is 0.0473. The number of nitrogen functional groups attached to an aromatic ring is 1. The van der Waals surface area contributed by atoms with Crippen LogP contribution in [0.4, 0.5) is 5.69 Å². The Morgan fingerprint density at radius 3 is 2.54 bits per heavy atom. The van der Waals surface area contributed by atoms with Crippen LogP contribution in [0.2, 0.25) is 0 Å². The molecule has 4 heteroatoms. The first kappa shape index (κ1) is 17.3. The molecule has 1 aromatic rings. The lowest BCUT2D eigenvalue weighted by atomic mass is 9.89. The number of amides is 1. The van der Waals surface area contributed by atoms with Gasteiger partial charge in [-0.3, -0.25) is 4.79 Å². The summed E-state index contributed by atoms with van der Waals surface area (Å²) >= 11 is 0. The summed E-state index contributed by atoms with van der Waals surface area (Å²) in [6, 6.07) is 6.68. The van der Waals surface area contributed by atoms with Crippen molar-refractivity contribution in [2.45, 2.75) is 70.4 Å². The zero-order chi connectivity index (χ0) is 16.9. The Balaban J connectivity index is 1.51. The lowest BCUT2D eigenvalue weighted by Crippen LogP contribution is -2.45. The van der Waals surface area contributed by atoms with Crippen molar-refractivity contribution in [3.05, 3.63) is 29.3 Å². The third-order valence-electron chi connectivity index (χ3n) is 5.73. The van der Waals surface area contributed by atoms with Gasteiger partial charge in [0.15, 0.2) is 0 Å². The number of carbonyl (C=O) groups is 1. The Labute approximate surface area is 145 Å². The number of anilines is 1. The Morgan fingerprint density at radius 2 is 1.88 bits per heavy atom. The number of hydrogen-bond donors (Lipinski definition) is 2. The standard InChI is InChI=1S/C20H31N3O/c1-2-15-14-16(6-11-19(15)21)20(24)22-17-7-9-18(10-8-17)23-12-4-3-5-13-23/h6,11,14,17-18H,2-5,7-10,12-13,21H2,1H3,(H,22,24). The Kier molecular flexibility index (Phi) is 5.77. The Morgan fingerprint density at radius 1 is 1.17 bits per heavy atom. The molecule has 0 spiro atoms. The highest BCUT2D eigenvalue weighted by molar-refractivity contribution is 5.95. The number of hydrogen-bond acceptors (Lipinski definition) is 3. The van der Waals surface area contributed by atoms with Crippen LogP contribution < -0.4 is 11.1 Å². The second kappa shape index (κ2) is 8.02. The van der Waals surface area contributed by atoms with E-state index in [0.29, 0.717) is 6.04 Å². The molecule has 4 nitrogen and oxygen atoms in total. The molecule has 0 unspecified atom stereocenters. The van der Waals surface area contributed by atoms with Gasteiger partial charge in [-0.2, -0.15) is 0 Å². The van der Waals surface area contributed by atoms with Gasteiger partial charge in [-0.25, -0.2) is 0 Å². The highest BCUT2D eigenvalue weighted by atomic mass is 16.1. The second-order valence-electron chi connectivity index (χ2n) is 7.34. The van der Waals surface area contributed by atoms with E-state index in [1.54, 1.807) is 0 Å². The smallest absolute Gasteiger partial charge is 0.251 e. The van der Waals surface area contributed by atoms with E-state index in [9.17, 15) is 4.79 Å². The first-order chi connectivity index (χ1) is 11.7. The van der Waals surface area contributed by atoms with Gasteiger partial charge in [-0.05, 0) is 81.8 Å². The van der Waals surface area contributed by atoms with Gasteiger partial charge in [-0.1, -0.05) is 13.3 Å². The summed E-state index contributed by atoms with van der Waals surface area (Å²) in [7, 11) is 0. The van der Waals surface area contributed by atoms with Crippen molar-refractivity contribution in [2.24, 2.45) is 0 Å². The fourth-order valence-corrected chi connectivity index (χ4v) is 4.19. The molecule has 1 amide bonds. The van der Waals surface area contributed by atoms with Gasteiger partial charge < -0.3 is 16.0 Å². The number of aryl methyl sites for hydroxylation is 1. The molecule has 1 heterocycles. The zero-order valence-electron chi connectivity index (χ0n) is 14.9. The maximum atomic E-state index is 12.5. The number of piperidine rings is 1. The lowest BCUT2D eigenvalue weighted by Gasteiger charge is -2.39. The van der Waals surface area contributed by atoms with Crippen LogP contribution >= 0.6 is 0 Å². The van der Waals surface area contributed by atoms with E-state index in [0.717, 1.165) is 42.1 Å². The van der Waals surface area contributed by atoms with Gasteiger partial charge in [0.2, 0.25) is 0 Å². The molecule has 1 aromatic carbocycles. The summed E-state index contributed by atoms with van der Waals surface area (Å²) in [6.45, 7) is 4.61. The van der Waals surface area contributed by atoms with Crippen molar-refractivity contribution in [3.63, 3.8) is 0 Å². The van der Waals surface area contributed by atoms with Gasteiger partial charge in [0, 0.05) is 23.3 Å². The fourth-order valence-electron chi connectivity index (χ4n) is 4.19. The number of nitrogens with two attached hydrogens (primary N) is 1. The summed E-state index contributed by atoms with van der Waals surface area (Å²) in [4.78, 5) is 15.2. The number of rotatable bonds is 4. The highest BCUT2D eigenvalue weighted by Crippen LogP contribution is 2.26. The minimum Gasteiger partial charge on any atom is -0.399 e. The van der Waals surface area contributed by atoms with E-state index in [-0.39, 0.29) is 5.91 Å². The van der Waals surface area contributed by atoms with Crippen LogP contribution in [-0.4, -0.2) is 36.0 Å². The van der Waals surface area contributed by atoms with Gasteiger partial charge in [-0.15, -0.1) is 0 Å². The molecule has 0 atom stereocenters. The molecule has 0 bridgehead atoms. The van der Waals surface area contributed by atoms with E-state index in [2.05, 4.69) is 17.1 Å². The summed E-state index contributed by atoms with van der Waals surface area (Å²) in [5.74, 6) is 0.0473. The van der Waals surface area contributed by atoms with E-state index in [1.807, 2.05) is 18.2 Å². The third kappa shape index (κ3) is 4.10. The van der Waals surface area contributed by atoms with E-state index >= 15 is 0 Å². The van der Waals surface area contributed by atoms with Crippen molar-refractivity contribution < 1.29 is 4.79 Å². The molecule has 3 rings (SSSR count). The maximum absolute atomic E-state index is 12.5. The zero-order valence-corrected chi connectivity index (χ0v) is 14.9. The van der Waals surface area contributed by atoms with Gasteiger partial charge in [0.1, 0.15) is 0 Å². The summed E-state index contributed by atoms with van der Waals surface area (Å²) in [5.41, 5.74) is 8.50. The monoisotopic (exact) mass is 329 g/mol. The lowest BCUT2D eigenvalue weighted by molar-refractivity contribution is 0.0887. The van der Waals surface area contributed by atoms with E-state index in [1.165, 1.54) is 45.2 Å². The molecular weight excluding hydrogens is 298 g/mol. The van der Waals surface area contributed by atoms with Crippen LogP contribution in [0.25, 0.3) is 0 Å². The number of nitrogens with zero attached hydrogens (tertiary/aromatic N) is 1. The molecule has 2 fully saturated rings. The Bertz CT molecular complexity index is 558. The first-order valence-corrected chi connectivity index (χ1v) is 9.60. The number of benzene rings is 1. The largest absolute Gasteiger partial charge is 0.399 e. The molecule has 1 saturated carbocycles. The predicted octanol–water partition coefficient (Wildman–Crippen LogP) is 3.36. The first-order valence-electron chi connectivity index (χ1n) is 9.60. The van der Waals surface area contributed by atoms with Gasteiger partial charge in [0.25, 0.3) is 5.91 Å². The number of likely N-dealkylation sites (tertiary alicyclic amines) is 1. The average Bonchev–Trinajstić information content (AvgIpc) is 2.63. The molecule has 0 aromatic heterocycles. The van der Waals surface area contributed by atoms with Crippen LogP contribution in [0.15, 0.2) is 18.2 Å². The quantitative estimate of drug-likeness (QED) is 0.833. The summed E-state index contributed by atoms with van der Waals surface area (Å²) < 4.78 is 0. The van der Waals surface area contributed by atoms with Crippen molar-refractivity contribution in [1.29, 1.82) is 0 Å². The average molecular weight is 329 g/mol. The molecule has 3 N–H and O–H groups in total. The molecule has 1 saturated heterocycles. The molecule has 24 heavy (non-hydrogen) atoms. The third-order valence-corrected chi connectivity index (χ3v) is 5.73. The number of carbonyl (C=O) groups excluding carboxylic acids is 1. The minimum atomic E-state index is 0.0473. The molecular formula is C20H31N3O. The van der Waals surface area contributed by atoms with Crippen molar-refractivity contribution >= 4 is 11.6 Å². The molecule has 1 aliphatic carbocycles. The predicted molar refractivity (Wildman–Crippen MR) is 99.2 cm³/mol. The highest BCUT2D eigenvalue weighted by Gasteiger charge is 2.27. The topological polar surface area (TPSA) is 58.4 Å². The Hall–Kier alpha value is -1.55.